The van der Waals surface area contributed by atoms with Crippen molar-refractivity contribution < 1.29 is 34.2 Å². The molecule has 3 amide bonds. The first-order valence-electron chi connectivity index (χ1n) is 11.5. The van der Waals surface area contributed by atoms with Crippen LogP contribution in [-0.4, -0.2) is 88.6 Å². The van der Waals surface area contributed by atoms with E-state index in [0.717, 1.165) is 0 Å². The Bertz CT molecular complexity index is 793. The summed E-state index contributed by atoms with van der Waals surface area (Å²) in [4.78, 5) is 64.6. The van der Waals surface area contributed by atoms with Crippen LogP contribution in [0.3, 0.4) is 0 Å². The summed E-state index contributed by atoms with van der Waals surface area (Å²) in [5.41, 5.74) is 16.6. The summed E-state index contributed by atoms with van der Waals surface area (Å²) in [6.45, 7) is 3.83. The van der Waals surface area contributed by atoms with Crippen molar-refractivity contribution in [1.29, 1.82) is 0 Å². The quantitative estimate of drug-likeness (QED) is 0.0553. The molecular weight excluding hydrogens is 494 g/mol. The Morgan fingerprint density at radius 1 is 0.917 bits per heavy atom. The number of guanidine groups is 1. The molecule has 36 heavy (non-hydrogen) atoms. The molecule has 0 saturated carbocycles. The third kappa shape index (κ3) is 13.1. The van der Waals surface area contributed by atoms with E-state index in [1.165, 1.54) is 11.8 Å². The lowest BCUT2D eigenvalue weighted by molar-refractivity contribution is -0.147. The summed E-state index contributed by atoms with van der Waals surface area (Å²) < 4.78 is 0. The molecule has 206 valence electrons. The highest BCUT2D eigenvalue weighted by atomic mass is 32.2. The Morgan fingerprint density at radius 2 is 1.44 bits per heavy atom. The van der Waals surface area contributed by atoms with Crippen LogP contribution in [0.2, 0.25) is 0 Å². The number of rotatable bonds is 18. The minimum absolute atomic E-state index is 0.0172. The van der Waals surface area contributed by atoms with Crippen LogP contribution in [0.25, 0.3) is 0 Å². The van der Waals surface area contributed by atoms with Crippen molar-refractivity contribution >= 4 is 47.4 Å². The molecule has 0 spiro atoms. The highest BCUT2D eigenvalue weighted by molar-refractivity contribution is 7.98. The smallest absolute Gasteiger partial charge is 0.326 e. The van der Waals surface area contributed by atoms with E-state index in [2.05, 4.69) is 20.9 Å². The minimum atomic E-state index is -1.70. The van der Waals surface area contributed by atoms with Crippen molar-refractivity contribution in [2.45, 2.75) is 70.1 Å². The van der Waals surface area contributed by atoms with Gasteiger partial charge in [0.2, 0.25) is 17.7 Å². The number of aliphatic imine (C=N–C) groups is 1. The molecule has 0 aromatic rings. The van der Waals surface area contributed by atoms with Gasteiger partial charge in [-0.05, 0) is 37.2 Å². The monoisotopic (exact) mass is 533 g/mol. The molecule has 0 radical (unpaired) electrons. The Morgan fingerprint density at radius 3 is 1.92 bits per heavy atom. The van der Waals surface area contributed by atoms with Crippen molar-refractivity contribution in [3.05, 3.63) is 0 Å². The Balaban J connectivity index is 5.65. The number of carbonyl (C=O) groups excluding carboxylic acids is 3. The van der Waals surface area contributed by atoms with Crippen molar-refractivity contribution in [1.82, 2.24) is 16.0 Å². The van der Waals surface area contributed by atoms with Gasteiger partial charge in [0.25, 0.3) is 0 Å². The van der Waals surface area contributed by atoms with Crippen LogP contribution >= 0.6 is 11.8 Å². The first-order valence-corrected chi connectivity index (χ1v) is 12.9. The second-order valence-corrected chi connectivity index (χ2v) is 9.25. The molecular formula is C21H39N7O7S. The maximum atomic E-state index is 13.1. The highest BCUT2D eigenvalue weighted by Crippen LogP contribution is 2.09. The van der Waals surface area contributed by atoms with Gasteiger partial charge in [-0.3, -0.25) is 24.2 Å². The van der Waals surface area contributed by atoms with Crippen LogP contribution in [0.4, 0.5) is 0 Å². The Hall–Kier alpha value is -3.07. The summed E-state index contributed by atoms with van der Waals surface area (Å²) >= 11 is 1.45. The van der Waals surface area contributed by atoms with E-state index in [1.54, 1.807) is 0 Å². The van der Waals surface area contributed by atoms with Crippen molar-refractivity contribution in [3.63, 3.8) is 0 Å². The van der Waals surface area contributed by atoms with Crippen molar-refractivity contribution in [3.8, 4) is 0 Å². The summed E-state index contributed by atoms with van der Waals surface area (Å²) in [5.74, 6) is -4.79. The molecule has 0 aromatic heterocycles. The molecule has 0 aliphatic carbocycles. The van der Waals surface area contributed by atoms with Crippen molar-refractivity contribution in [2.24, 2.45) is 28.1 Å². The average Bonchev–Trinajstić information content (AvgIpc) is 2.81. The molecule has 5 unspecified atom stereocenters. The molecule has 0 aliphatic heterocycles. The van der Waals surface area contributed by atoms with Gasteiger partial charge < -0.3 is 43.4 Å². The fourth-order valence-corrected chi connectivity index (χ4v) is 3.45. The zero-order valence-electron chi connectivity index (χ0n) is 20.9. The fraction of sp³-hybridized carbons (Fsp3) is 0.714. The van der Waals surface area contributed by atoms with Crippen LogP contribution in [0.1, 0.15) is 46.0 Å². The Kier molecular flexibility index (Phi) is 15.9. The van der Waals surface area contributed by atoms with Crippen molar-refractivity contribution in [2.75, 3.05) is 18.6 Å². The number of carbonyl (C=O) groups is 5. The van der Waals surface area contributed by atoms with E-state index >= 15 is 0 Å². The maximum Gasteiger partial charge on any atom is 0.326 e. The standard InChI is InChI=1S/C21H39N7O7S/c1-4-11(2)16(22)19(33)27-13(7-9-36-3)18(32)26-12(6-5-8-25-21(23)24)17(31)28-14(20(34)35)10-15(29)30/h11-14,16H,4-10,22H2,1-3H3,(H,26,32)(H,27,33)(H,28,31)(H,29,30)(H,34,35)(H4,23,24,25). The zero-order valence-corrected chi connectivity index (χ0v) is 21.7. The average molecular weight is 534 g/mol. The van der Waals surface area contributed by atoms with E-state index in [9.17, 15) is 29.1 Å². The number of aliphatic carboxylic acids is 2. The van der Waals surface area contributed by atoms with Gasteiger partial charge in [-0.2, -0.15) is 11.8 Å². The topological polar surface area (TPSA) is 252 Å². The van der Waals surface area contributed by atoms with Crippen LogP contribution in [0.15, 0.2) is 4.99 Å². The lowest BCUT2D eigenvalue weighted by Crippen LogP contribution is -2.57. The van der Waals surface area contributed by atoms with E-state index in [4.69, 9.17) is 22.3 Å². The fourth-order valence-electron chi connectivity index (χ4n) is 2.98. The molecule has 0 aromatic carbocycles. The van der Waals surface area contributed by atoms with Crippen LogP contribution in [0.5, 0.6) is 0 Å². The Labute approximate surface area is 214 Å². The second kappa shape index (κ2) is 17.4. The summed E-state index contributed by atoms with van der Waals surface area (Å²) in [5, 5.41) is 25.5. The number of thioether (sulfide) groups is 1. The molecule has 0 heterocycles. The van der Waals surface area contributed by atoms with Crippen LogP contribution in [0, 0.1) is 5.92 Å². The molecule has 14 nitrogen and oxygen atoms in total. The van der Waals surface area contributed by atoms with Gasteiger partial charge >= 0.3 is 11.9 Å². The predicted molar refractivity (Wildman–Crippen MR) is 136 cm³/mol. The van der Waals surface area contributed by atoms with E-state index in [1.807, 2.05) is 20.1 Å². The number of hydrogen-bond acceptors (Lipinski definition) is 8. The summed E-state index contributed by atoms with van der Waals surface area (Å²) in [7, 11) is 0. The molecule has 11 N–H and O–H groups in total. The maximum absolute atomic E-state index is 13.1. The van der Waals surface area contributed by atoms with Gasteiger partial charge in [-0.15, -0.1) is 0 Å². The van der Waals surface area contributed by atoms with E-state index in [-0.39, 0.29) is 37.7 Å². The molecule has 0 fully saturated rings. The van der Waals surface area contributed by atoms with E-state index in [0.29, 0.717) is 12.2 Å². The number of nitrogens with zero attached hydrogens (tertiary/aromatic N) is 1. The number of amides is 3. The number of nitrogens with two attached hydrogens (primary N) is 3. The molecule has 0 bridgehead atoms. The minimum Gasteiger partial charge on any atom is -0.481 e. The van der Waals surface area contributed by atoms with Gasteiger partial charge in [-0.1, -0.05) is 20.3 Å². The second-order valence-electron chi connectivity index (χ2n) is 8.26. The largest absolute Gasteiger partial charge is 0.481 e. The number of hydrogen-bond donors (Lipinski definition) is 8. The van der Waals surface area contributed by atoms with E-state index < -0.39 is 60.2 Å². The first-order chi connectivity index (χ1) is 16.8. The zero-order chi connectivity index (χ0) is 27.8. The van der Waals surface area contributed by atoms with Crippen LogP contribution in [-0.2, 0) is 24.0 Å². The lowest BCUT2D eigenvalue weighted by atomic mass is 9.99. The SMILES string of the molecule is CCC(C)C(N)C(=O)NC(CCSC)C(=O)NC(CCCN=C(N)N)C(=O)NC(CC(=O)O)C(=O)O. The van der Waals surface area contributed by atoms with Gasteiger partial charge in [0.15, 0.2) is 5.96 Å². The molecule has 0 rings (SSSR count). The van der Waals surface area contributed by atoms with Crippen LogP contribution < -0.4 is 33.2 Å². The van der Waals surface area contributed by atoms with Gasteiger partial charge in [0.1, 0.15) is 18.1 Å². The van der Waals surface area contributed by atoms with Gasteiger partial charge in [0, 0.05) is 6.54 Å². The van der Waals surface area contributed by atoms with Gasteiger partial charge in [-0.25, -0.2) is 4.79 Å². The normalized spacial score (nSPS) is 14.9. The molecule has 15 heteroatoms. The third-order valence-corrected chi connectivity index (χ3v) is 6.02. The predicted octanol–water partition coefficient (Wildman–Crippen LogP) is -1.82. The van der Waals surface area contributed by atoms with Gasteiger partial charge in [0.05, 0.1) is 12.5 Å². The number of nitrogens with one attached hydrogen (secondary N) is 3. The lowest BCUT2D eigenvalue weighted by Gasteiger charge is -2.26. The highest BCUT2D eigenvalue weighted by Gasteiger charge is 2.31. The molecule has 5 atom stereocenters. The third-order valence-electron chi connectivity index (χ3n) is 5.37. The number of carboxylic acid groups (broad SMARTS) is 2. The summed E-state index contributed by atoms with van der Waals surface area (Å²) in [6.07, 6.45) is 2.16. The summed E-state index contributed by atoms with van der Waals surface area (Å²) in [6, 6.07) is -4.76. The molecule has 0 aliphatic rings. The first kappa shape index (κ1) is 32.9. The number of carboxylic acids is 2. The molecule has 0 saturated heterocycles.